The van der Waals surface area contributed by atoms with Crippen molar-refractivity contribution in [1.29, 1.82) is 0 Å². The monoisotopic (exact) mass is 486 g/mol. The SMILES string of the molecule is CC(/C=C/c1ccccc1)=C\[C@H](C)C[C@@H](C)COC(c1ccccc1)(c1ccccc1)c1ccccc1. The quantitative estimate of drug-likeness (QED) is 0.152. The van der Waals surface area contributed by atoms with Crippen LogP contribution in [-0.2, 0) is 10.3 Å². The lowest BCUT2D eigenvalue weighted by molar-refractivity contribution is -0.00790. The molecule has 0 saturated carbocycles. The van der Waals surface area contributed by atoms with Crippen molar-refractivity contribution in [1.82, 2.24) is 0 Å². The molecular weight excluding hydrogens is 448 g/mol. The van der Waals surface area contributed by atoms with Crippen molar-refractivity contribution in [3.63, 3.8) is 0 Å². The van der Waals surface area contributed by atoms with Crippen molar-refractivity contribution in [3.8, 4) is 0 Å². The van der Waals surface area contributed by atoms with Crippen LogP contribution in [0.1, 0.15) is 49.4 Å². The highest BCUT2D eigenvalue weighted by Gasteiger charge is 2.37. The van der Waals surface area contributed by atoms with Crippen LogP contribution in [0, 0.1) is 11.8 Å². The van der Waals surface area contributed by atoms with E-state index in [-0.39, 0.29) is 0 Å². The second kappa shape index (κ2) is 13.0. The van der Waals surface area contributed by atoms with Gasteiger partial charge in [-0.1, -0.05) is 159 Å². The number of hydrogen-bond acceptors (Lipinski definition) is 1. The van der Waals surface area contributed by atoms with Gasteiger partial charge in [0.2, 0.25) is 0 Å². The number of allylic oxidation sites excluding steroid dienone is 3. The maximum atomic E-state index is 7.03. The molecule has 0 bridgehead atoms. The summed E-state index contributed by atoms with van der Waals surface area (Å²) in [5.74, 6) is 0.853. The van der Waals surface area contributed by atoms with Gasteiger partial charge in [-0.2, -0.15) is 0 Å². The molecule has 0 N–H and O–H groups in total. The van der Waals surface area contributed by atoms with Gasteiger partial charge in [-0.05, 0) is 47.4 Å². The Morgan fingerprint density at radius 2 is 1.11 bits per heavy atom. The van der Waals surface area contributed by atoms with Crippen molar-refractivity contribution in [2.24, 2.45) is 11.8 Å². The molecule has 0 aliphatic carbocycles. The molecule has 0 aromatic heterocycles. The number of ether oxygens (including phenoxy) is 1. The lowest BCUT2D eigenvalue weighted by Crippen LogP contribution is -2.34. The van der Waals surface area contributed by atoms with E-state index in [1.165, 1.54) is 11.1 Å². The average Bonchev–Trinajstić information content (AvgIpc) is 2.94. The summed E-state index contributed by atoms with van der Waals surface area (Å²) in [4.78, 5) is 0. The zero-order valence-electron chi connectivity index (χ0n) is 22.3. The van der Waals surface area contributed by atoms with Crippen LogP contribution in [0.2, 0.25) is 0 Å². The van der Waals surface area contributed by atoms with E-state index in [0.29, 0.717) is 18.4 Å². The molecule has 4 rings (SSSR count). The Morgan fingerprint density at radius 1 is 0.676 bits per heavy atom. The van der Waals surface area contributed by atoms with Gasteiger partial charge in [-0.25, -0.2) is 0 Å². The molecule has 4 aromatic rings. The van der Waals surface area contributed by atoms with E-state index in [1.54, 1.807) is 0 Å². The van der Waals surface area contributed by atoms with Crippen LogP contribution in [0.5, 0.6) is 0 Å². The van der Waals surface area contributed by atoms with Gasteiger partial charge < -0.3 is 4.74 Å². The number of hydrogen-bond donors (Lipinski definition) is 0. The normalized spacial score (nSPS) is 14.0. The van der Waals surface area contributed by atoms with Crippen molar-refractivity contribution < 1.29 is 4.74 Å². The molecule has 0 unspecified atom stereocenters. The van der Waals surface area contributed by atoms with Gasteiger partial charge in [-0.3, -0.25) is 0 Å². The fourth-order valence-corrected chi connectivity index (χ4v) is 5.10. The predicted octanol–water partition coefficient (Wildman–Crippen LogP) is 9.32. The zero-order valence-corrected chi connectivity index (χ0v) is 22.3. The number of rotatable bonds is 11. The third-order valence-corrected chi connectivity index (χ3v) is 6.79. The molecule has 1 heteroatoms. The van der Waals surface area contributed by atoms with Crippen molar-refractivity contribution in [3.05, 3.63) is 161 Å². The van der Waals surface area contributed by atoms with E-state index in [2.05, 4.69) is 154 Å². The summed E-state index contributed by atoms with van der Waals surface area (Å²) in [6, 6.07) is 42.3. The minimum Gasteiger partial charge on any atom is -0.361 e. The molecule has 0 spiro atoms. The third-order valence-electron chi connectivity index (χ3n) is 6.79. The molecule has 0 radical (unpaired) electrons. The second-order valence-electron chi connectivity index (χ2n) is 10.1. The van der Waals surface area contributed by atoms with Gasteiger partial charge in [0, 0.05) is 0 Å². The minimum atomic E-state index is -0.661. The Hall–Kier alpha value is -3.68. The lowest BCUT2D eigenvalue weighted by Gasteiger charge is -2.37. The summed E-state index contributed by atoms with van der Waals surface area (Å²) in [6.07, 6.45) is 7.82. The van der Waals surface area contributed by atoms with Crippen LogP contribution >= 0.6 is 0 Å². The molecule has 2 atom stereocenters. The summed E-state index contributed by atoms with van der Waals surface area (Å²) in [6.45, 7) is 7.44. The standard InChI is InChI=1S/C36H38O/c1-29(24-25-32-16-8-4-9-17-32)26-30(2)27-31(3)28-37-36(33-18-10-5-11-19-33,34-20-12-6-13-21-34)35-22-14-7-15-23-35/h4-26,30-31H,27-28H2,1-3H3/b25-24+,29-26+/t30-,31+/m0/s1. The predicted molar refractivity (Wildman–Crippen MR) is 157 cm³/mol. The summed E-state index contributed by atoms with van der Waals surface area (Å²) in [7, 11) is 0. The molecule has 0 amide bonds. The average molecular weight is 487 g/mol. The van der Waals surface area contributed by atoms with Crippen molar-refractivity contribution >= 4 is 6.08 Å². The molecule has 188 valence electrons. The molecule has 1 nitrogen and oxygen atoms in total. The van der Waals surface area contributed by atoms with Crippen LogP contribution in [0.15, 0.2) is 139 Å². The maximum absolute atomic E-state index is 7.03. The Bertz CT molecular complexity index is 1160. The first-order valence-electron chi connectivity index (χ1n) is 13.3. The molecular formula is C36H38O. The Balaban J connectivity index is 1.53. The van der Waals surface area contributed by atoms with Gasteiger partial charge in [0.05, 0.1) is 6.61 Å². The minimum absolute atomic E-state index is 0.396. The first kappa shape index (κ1) is 26.4. The molecule has 0 aliphatic rings. The lowest BCUT2D eigenvalue weighted by atomic mass is 9.80. The highest BCUT2D eigenvalue weighted by molar-refractivity contribution is 5.52. The largest absolute Gasteiger partial charge is 0.361 e. The maximum Gasteiger partial charge on any atom is 0.143 e. The van der Waals surface area contributed by atoms with E-state index in [1.807, 2.05) is 6.07 Å². The van der Waals surface area contributed by atoms with E-state index in [9.17, 15) is 0 Å². The summed E-state index contributed by atoms with van der Waals surface area (Å²) >= 11 is 0. The van der Waals surface area contributed by atoms with Crippen molar-refractivity contribution in [2.45, 2.75) is 32.8 Å². The van der Waals surface area contributed by atoms with Gasteiger partial charge in [0.1, 0.15) is 5.60 Å². The van der Waals surface area contributed by atoms with Gasteiger partial charge in [0.25, 0.3) is 0 Å². The molecule has 37 heavy (non-hydrogen) atoms. The summed E-state index contributed by atoms with van der Waals surface area (Å²) in [5.41, 5.74) is 5.30. The molecule has 0 heterocycles. The fourth-order valence-electron chi connectivity index (χ4n) is 5.10. The molecule has 4 aromatic carbocycles. The first-order chi connectivity index (χ1) is 18.1. The fraction of sp³-hybridized carbons (Fsp3) is 0.222. The Labute approximate surface area is 223 Å². The second-order valence-corrected chi connectivity index (χ2v) is 10.1. The highest BCUT2D eigenvalue weighted by Crippen LogP contribution is 2.41. The van der Waals surface area contributed by atoms with E-state index < -0.39 is 5.60 Å². The Morgan fingerprint density at radius 3 is 1.57 bits per heavy atom. The third kappa shape index (κ3) is 6.96. The molecule has 0 aliphatic heterocycles. The summed E-state index contributed by atoms with van der Waals surface area (Å²) < 4.78 is 7.03. The van der Waals surface area contributed by atoms with E-state index >= 15 is 0 Å². The summed E-state index contributed by atoms with van der Waals surface area (Å²) in [5, 5.41) is 0. The molecule has 0 fully saturated rings. The topological polar surface area (TPSA) is 9.23 Å². The van der Waals surface area contributed by atoms with Gasteiger partial charge in [-0.15, -0.1) is 0 Å². The first-order valence-corrected chi connectivity index (χ1v) is 13.3. The van der Waals surface area contributed by atoms with E-state index in [0.717, 1.165) is 23.1 Å². The van der Waals surface area contributed by atoms with Crippen LogP contribution in [0.4, 0.5) is 0 Å². The molecule has 0 saturated heterocycles. The van der Waals surface area contributed by atoms with Gasteiger partial charge >= 0.3 is 0 Å². The van der Waals surface area contributed by atoms with Crippen LogP contribution in [0.25, 0.3) is 6.08 Å². The number of benzene rings is 4. The van der Waals surface area contributed by atoms with Crippen LogP contribution in [0.3, 0.4) is 0 Å². The van der Waals surface area contributed by atoms with Crippen molar-refractivity contribution in [2.75, 3.05) is 6.61 Å². The van der Waals surface area contributed by atoms with Crippen LogP contribution < -0.4 is 0 Å². The highest BCUT2D eigenvalue weighted by atomic mass is 16.5. The van der Waals surface area contributed by atoms with Crippen LogP contribution in [-0.4, -0.2) is 6.61 Å². The zero-order chi connectivity index (χ0) is 25.9. The van der Waals surface area contributed by atoms with Gasteiger partial charge in [0.15, 0.2) is 0 Å². The van der Waals surface area contributed by atoms with E-state index in [4.69, 9.17) is 4.74 Å². The smallest absolute Gasteiger partial charge is 0.143 e. The Kier molecular flexibility index (Phi) is 9.29.